The van der Waals surface area contributed by atoms with Crippen LogP contribution in [0.1, 0.15) is 50.7 Å². The van der Waals surface area contributed by atoms with Crippen molar-refractivity contribution in [2.75, 3.05) is 0 Å². The molecule has 3 rings (SSSR count). The summed E-state index contributed by atoms with van der Waals surface area (Å²) in [5.41, 5.74) is 3.98. The Kier molecular flexibility index (Phi) is 10.4. The van der Waals surface area contributed by atoms with Gasteiger partial charge < -0.3 is 15.3 Å². The van der Waals surface area contributed by atoms with Crippen molar-refractivity contribution in [2.24, 2.45) is 0 Å². The zero-order chi connectivity index (χ0) is 23.3. The van der Waals surface area contributed by atoms with Crippen molar-refractivity contribution in [1.82, 2.24) is 0 Å². The topological polar surface area (TPSA) is 77.8 Å². The number of allylic oxidation sites excluding steroid dienone is 1. The molecule has 7 heteroatoms. The molecule has 1 aliphatic rings. The van der Waals surface area contributed by atoms with E-state index >= 15 is 0 Å². The minimum absolute atomic E-state index is 0. The van der Waals surface area contributed by atoms with Crippen molar-refractivity contribution in [3.63, 3.8) is 0 Å². The van der Waals surface area contributed by atoms with Gasteiger partial charge in [0, 0.05) is 16.1 Å². The van der Waals surface area contributed by atoms with Gasteiger partial charge in [0.05, 0.1) is 18.6 Å². The molecule has 4 nitrogen and oxygen atoms in total. The Morgan fingerprint density at radius 2 is 1.73 bits per heavy atom. The van der Waals surface area contributed by atoms with Gasteiger partial charge in [0.1, 0.15) is 5.82 Å². The van der Waals surface area contributed by atoms with Crippen molar-refractivity contribution < 1.29 is 24.5 Å². The molecule has 172 valence electrons. The molecule has 0 aromatic heterocycles. The van der Waals surface area contributed by atoms with Crippen molar-refractivity contribution in [2.45, 2.75) is 61.4 Å². The fourth-order valence-electron chi connectivity index (χ4n) is 4.19. The van der Waals surface area contributed by atoms with Crippen LogP contribution in [0.5, 0.6) is 0 Å². The number of hydrogen-bond donors (Lipinski definition) is 3. The number of aliphatic carboxylic acids is 1. The molecule has 2 aromatic carbocycles. The van der Waals surface area contributed by atoms with Crippen molar-refractivity contribution in [1.29, 1.82) is 0 Å². The van der Waals surface area contributed by atoms with Crippen LogP contribution in [0.2, 0.25) is 0 Å². The summed E-state index contributed by atoms with van der Waals surface area (Å²) < 4.78 is 13.4. The molecule has 33 heavy (non-hydrogen) atoms. The molecule has 0 radical (unpaired) electrons. The van der Waals surface area contributed by atoms with E-state index in [9.17, 15) is 19.4 Å². The van der Waals surface area contributed by atoms with E-state index < -0.39 is 24.6 Å². The fraction of sp³-hybridized carbons (Fsp3) is 0.346. The zero-order valence-corrected chi connectivity index (χ0v) is 19.1. The van der Waals surface area contributed by atoms with Crippen molar-refractivity contribution in [3.8, 4) is 0 Å². The van der Waals surface area contributed by atoms with Crippen LogP contribution in [-0.2, 0) is 4.79 Å². The van der Waals surface area contributed by atoms with Crippen LogP contribution in [-0.4, -0.2) is 67.8 Å². The first-order chi connectivity index (χ1) is 15.3. The van der Waals surface area contributed by atoms with Gasteiger partial charge in [-0.15, -0.1) is 11.8 Å². The van der Waals surface area contributed by atoms with E-state index in [1.54, 1.807) is 30.0 Å². The molecule has 0 spiro atoms. The second kappa shape index (κ2) is 12.3. The Morgan fingerprint density at radius 3 is 2.33 bits per heavy atom. The Morgan fingerprint density at radius 1 is 1.09 bits per heavy atom. The van der Waals surface area contributed by atoms with Crippen LogP contribution in [0.25, 0.3) is 5.57 Å². The van der Waals surface area contributed by atoms with E-state index in [1.807, 2.05) is 18.2 Å². The van der Waals surface area contributed by atoms with Crippen LogP contribution in [0, 0.1) is 5.82 Å². The molecule has 0 amide bonds. The Labute approximate surface area is 220 Å². The first-order valence-electron chi connectivity index (χ1n) is 10.8. The number of hydrogen-bond acceptors (Lipinski definition) is 4. The molecule has 0 fully saturated rings. The fourth-order valence-corrected chi connectivity index (χ4v) is 5.60. The van der Waals surface area contributed by atoms with E-state index in [1.165, 1.54) is 12.1 Å². The van der Waals surface area contributed by atoms with Gasteiger partial charge in [-0.2, -0.15) is 0 Å². The van der Waals surface area contributed by atoms with Crippen molar-refractivity contribution in [3.05, 3.63) is 83.2 Å². The number of benzene rings is 2. The number of thioether (sulfide) groups is 1. The van der Waals surface area contributed by atoms with Gasteiger partial charge in [-0.05, 0) is 53.3 Å². The summed E-state index contributed by atoms with van der Waals surface area (Å²) >= 11 is 1.80. The molecule has 0 unspecified atom stereocenters. The molecule has 3 N–H and O–H groups in total. The number of halogens is 1. The third kappa shape index (κ3) is 6.59. The number of rotatable bonds is 9. The van der Waals surface area contributed by atoms with Crippen LogP contribution in [0.15, 0.2) is 71.2 Å². The normalized spacial score (nSPS) is 16.8. The van der Waals surface area contributed by atoms with Crippen LogP contribution >= 0.6 is 11.8 Å². The molecule has 0 aliphatic carbocycles. The first-order valence-corrected chi connectivity index (χ1v) is 11.7. The predicted octanol–water partition coefficient (Wildman–Crippen LogP) is 4.79. The maximum absolute atomic E-state index is 13.7. The maximum atomic E-state index is 13.7. The van der Waals surface area contributed by atoms with Gasteiger partial charge in [0.25, 0.3) is 0 Å². The SMILES string of the molecule is CCC1(CC)Sc2ccccc2C(c2ccc(F)cc2)=C1C=C[C@@H](O)C[C@@H](O)CC(=O)O.[NaH]. The summed E-state index contributed by atoms with van der Waals surface area (Å²) in [6.07, 6.45) is 2.64. The van der Waals surface area contributed by atoms with Gasteiger partial charge in [-0.1, -0.05) is 56.3 Å². The quantitative estimate of drug-likeness (QED) is 0.450. The number of carboxylic acid groups (broad SMARTS) is 1. The minimum atomic E-state index is -1.12. The number of carboxylic acids is 1. The summed E-state index contributed by atoms with van der Waals surface area (Å²) in [6, 6.07) is 14.6. The number of carbonyl (C=O) groups is 1. The van der Waals surface area contributed by atoms with Crippen LogP contribution in [0.4, 0.5) is 4.39 Å². The monoisotopic (exact) mass is 480 g/mol. The van der Waals surface area contributed by atoms with E-state index in [0.717, 1.165) is 40.0 Å². The molecule has 1 heterocycles. The van der Waals surface area contributed by atoms with Gasteiger partial charge in [-0.25, -0.2) is 4.39 Å². The average molecular weight is 481 g/mol. The molecular formula is C26H30FNaO4S. The van der Waals surface area contributed by atoms with Gasteiger partial charge >= 0.3 is 35.5 Å². The first kappa shape index (κ1) is 27.8. The number of aliphatic hydroxyl groups is 2. The molecule has 0 saturated heterocycles. The predicted molar refractivity (Wildman–Crippen MR) is 133 cm³/mol. The summed E-state index contributed by atoms with van der Waals surface area (Å²) in [5.74, 6) is -1.41. The van der Waals surface area contributed by atoms with E-state index in [-0.39, 0.29) is 46.5 Å². The third-order valence-electron chi connectivity index (χ3n) is 5.91. The summed E-state index contributed by atoms with van der Waals surface area (Å²) in [7, 11) is 0. The molecule has 0 bridgehead atoms. The standard InChI is InChI=1S/C26H29FO4S.Na.H/c1-3-26(4-2)22(14-13-19(28)15-20(29)16-24(30)31)25(17-9-11-18(27)12-10-17)21-7-5-6-8-23(21)32-26;;/h5-14,19-20,28-29H,3-4,15-16H2,1-2H3,(H,30,31);;/t19-,20-;;/m1../s1. The van der Waals surface area contributed by atoms with Crippen LogP contribution < -0.4 is 0 Å². The zero-order valence-electron chi connectivity index (χ0n) is 18.3. The molecular weight excluding hydrogens is 450 g/mol. The number of aliphatic hydroxyl groups excluding tert-OH is 2. The summed E-state index contributed by atoms with van der Waals surface area (Å²) in [4.78, 5) is 12.0. The average Bonchev–Trinajstić information content (AvgIpc) is 2.76. The summed E-state index contributed by atoms with van der Waals surface area (Å²) in [6.45, 7) is 4.27. The second-order valence-electron chi connectivity index (χ2n) is 8.01. The Hall–Kier alpha value is -1.41. The van der Waals surface area contributed by atoms with Crippen LogP contribution in [0.3, 0.4) is 0 Å². The van der Waals surface area contributed by atoms with Crippen molar-refractivity contribution >= 4 is 52.9 Å². The molecule has 2 aromatic rings. The van der Waals surface area contributed by atoms with E-state index in [2.05, 4.69) is 26.0 Å². The van der Waals surface area contributed by atoms with Gasteiger partial charge in [0.15, 0.2) is 0 Å². The summed E-state index contributed by atoms with van der Waals surface area (Å²) in [5, 5.41) is 29.2. The Bertz CT molecular complexity index is 1020. The Balaban J connectivity index is 0.00000385. The van der Waals surface area contributed by atoms with Gasteiger partial charge in [0.2, 0.25) is 0 Å². The molecule has 1 aliphatic heterocycles. The molecule has 2 atom stereocenters. The third-order valence-corrected chi connectivity index (χ3v) is 7.67. The van der Waals surface area contributed by atoms with E-state index in [4.69, 9.17) is 5.11 Å². The molecule has 0 saturated carbocycles. The van der Waals surface area contributed by atoms with E-state index in [0.29, 0.717) is 0 Å². The second-order valence-corrected chi connectivity index (χ2v) is 9.43. The van der Waals surface area contributed by atoms with Gasteiger partial charge in [-0.3, -0.25) is 4.79 Å². The number of fused-ring (bicyclic) bond motifs is 1.